The number of rotatable bonds is 8. The second kappa shape index (κ2) is 12.9. The standard InChI is InChI=1S/C26H29N3O4.C2HF3O2/c27-14-7-15-28-24(30)19-29-16-12-20(13-17-29)23(18-29)33-25(31)26(32,21-8-3-1-4-9-21)22-10-5-2-6-11-22;3-2(4,5)1(6)7/h1-6,8-11,20,23,32H,7,12-13,15-19H2;(H,6,7)/t20?,23-,29?;/m0./s1. The van der Waals surface area contributed by atoms with Gasteiger partial charge in [-0.3, -0.25) is 4.79 Å². The Morgan fingerprint density at radius 3 is 1.98 bits per heavy atom. The van der Waals surface area contributed by atoms with Crippen LogP contribution in [0.3, 0.4) is 0 Å². The Morgan fingerprint density at radius 1 is 1.02 bits per heavy atom. The van der Waals surface area contributed by atoms with Gasteiger partial charge in [-0.1, -0.05) is 60.7 Å². The minimum atomic E-state index is -5.19. The highest BCUT2D eigenvalue weighted by Gasteiger charge is 2.51. The molecule has 0 unspecified atom stereocenters. The molecule has 0 spiro atoms. The number of benzene rings is 2. The van der Waals surface area contributed by atoms with E-state index in [0.717, 1.165) is 25.9 Å². The number of carboxylic acids is 1. The number of alkyl halides is 3. The van der Waals surface area contributed by atoms with E-state index in [1.807, 2.05) is 18.2 Å². The second-order valence-corrected chi connectivity index (χ2v) is 9.90. The van der Waals surface area contributed by atoms with Crippen LogP contribution < -0.4 is 10.4 Å². The van der Waals surface area contributed by atoms with Crippen molar-refractivity contribution < 1.29 is 47.0 Å². The van der Waals surface area contributed by atoms with Crippen molar-refractivity contribution in [3.05, 3.63) is 71.8 Å². The van der Waals surface area contributed by atoms with E-state index in [1.54, 1.807) is 48.5 Å². The van der Waals surface area contributed by atoms with Crippen LogP contribution in [0.4, 0.5) is 13.2 Å². The molecule has 2 aromatic carbocycles. The largest absolute Gasteiger partial charge is 0.542 e. The normalized spacial score (nSPS) is 21.8. The Morgan fingerprint density at radius 2 is 1.52 bits per heavy atom. The molecular formula is C28H30F3N3O6. The minimum Gasteiger partial charge on any atom is -0.542 e. The molecular weight excluding hydrogens is 531 g/mol. The monoisotopic (exact) mass is 561 g/mol. The van der Waals surface area contributed by atoms with Gasteiger partial charge in [-0.05, 0) is 11.1 Å². The predicted molar refractivity (Wildman–Crippen MR) is 133 cm³/mol. The van der Waals surface area contributed by atoms with Gasteiger partial charge in [0.2, 0.25) is 5.60 Å². The predicted octanol–water partition coefficient (Wildman–Crippen LogP) is 1.40. The summed E-state index contributed by atoms with van der Waals surface area (Å²) in [6.45, 7) is 2.95. The SMILES string of the molecule is N#CCCNC(=O)C[N+]12CCC(CC1)[C@@H](OC(=O)C(O)(c1ccccc1)c1ccccc1)C2.O=C([O-])C(F)(F)F. The summed E-state index contributed by atoms with van der Waals surface area (Å²) in [4.78, 5) is 34.7. The number of esters is 1. The van der Waals surface area contributed by atoms with E-state index in [0.29, 0.717) is 35.2 Å². The number of quaternary nitrogens is 1. The molecule has 1 atom stereocenters. The first-order valence-corrected chi connectivity index (χ1v) is 12.7. The maximum absolute atomic E-state index is 13.5. The van der Waals surface area contributed by atoms with Crippen LogP contribution in [0.2, 0.25) is 0 Å². The van der Waals surface area contributed by atoms with Crippen molar-refractivity contribution in [1.29, 1.82) is 5.26 Å². The number of carbonyl (C=O) groups excluding carboxylic acids is 3. The number of carboxylic acid groups (broad SMARTS) is 1. The molecule has 214 valence electrons. The number of nitriles is 1. The summed E-state index contributed by atoms with van der Waals surface area (Å²) < 4.78 is 38.1. The third-order valence-corrected chi connectivity index (χ3v) is 7.25. The van der Waals surface area contributed by atoms with Gasteiger partial charge in [0.1, 0.15) is 12.5 Å². The lowest BCUT2D eigenvalue weighted by Gasteiger charge is -2.51. The zero-order valence-electron chi connectivity index (χ0n) is 21.6. The van der Waals surface area contributed by atoms with Gasteiger partial charge >= 0.3 is 12.1 Å². The molecule has 0 aromatic heterocycles. The van der Waals surface area contributed by atoms with Gasteiger partial charge in [-0.2, -0.15) is 18.4 Å². The quantitative estimate of drug-likeness (QED) is 0.282. The Balaban J connectivity index is 0.000000559. The fourth-order valence-corrected chi connectivity index (χ4v) is 5.18. The summed E-state index contributed by atoms with van der Waals surface area (Å²) in [6, 6.07) is 19.8. The summed E-state index contributed by atoms with van der Waals surface area (Å²) in [5.74, 6) is -3.55. The highest BCUT2D eigenvalue weighted by Crippen LogP contribution is 2.38. The molecule has 3 fully saturated rings. The van der Waals surface area contributed by atoms with E-state index in [4.69, 9.17) is 19.9 Å². The first-order valence-electron chi connectivity index (χ1n) is 12.7. The molecule has 0 radical (unpaired) electrons. The summed E-state index contributed by atoms with van der Waals surface area (Å²) >= 11 is 0. The molecule has 0 aliphatic carbocycles. The molecule has 3 aliphatic rings. The molecule has 3 aliphatic heterocycles. The number of amides is 1. The molecule has 1 amide bonds. The first kappa shape index (κ1) is 30.6. The van der Waals surface area contributed by atoms with Gasteiger partial charge in [0, 0.05) is 25.3 Å². The van der Waals surface area contributed by atoms with Crippen molar-refractivity contribution in [3.8, 4) is 6.07 Å². The highest BCUT2D eigenvalue weighted by molar-refractivity contribution is 5.85. The van der Waals surface area contributed by atoms with Crippen LogP contribution in [0.5, 0.6) is 0 Å². The Hall–Kier alpha value is -3.95. The van der Waals surface area contributed by atoms with E-state index in [9.17, 15) is 27.9 Å². The van der Waals surface area contributed by atoms with Gasteiger partial charge in [0.25, 0.3) is 5.91 Å². The van der Waals surface area contributed by atoms with Crippen LogP contribution >= 0.6 is 0 Å². The number of nitrogens with zero attached hydrogens (tertiary/aromatic N) is 2. The van der Waals surface area contributed by atoms with Crippen molar-refractivity contribution in [1.82, 2.24) is 5.32 Å². The van der Waals surface area contributed by atoms with Crippen molar-refractivity contribution in [2.24, 2.45) is 5.92 Å². The number of aliphatic hydroxyl groups is 1. The summed E-state index contributed by atoms with van der Waals surface area (Å²) in [6.07, 6.45) is -3.52. The van der Waals surface area contributed by atoms with Gasteiger partial charge in [-0.25, -0.2) is 4.79 Å². The van der Waals surface area contributed by atoms with Crippen LogP contribution in [0.15, 0.2) is 60.7 Å². The van der Waals surface area contributed by atoms with Crippen molar-refractivity contribution >= 4 is 17.8 Å². The van der Waals surface area contributed by atoms with E-state index >= 15 is 0 Å². The highest BCUT2D eigenvalue weighted by atomic mass is 19.4. The maximum atomic E-state index is 13.5. The number of aliphatic carboxylic acids is 1. The zero-order valence-corrected chi connectivity index (χ0v) is 21.6. The number of piperidine rings is 3. The molecule has 40 heavy (non-hydrogen) atoms. The fourth-order valence-electron chi connectivity index (χ4n) is 5.18. The van der Waals surface area contributed by atoms with Crippen molar-refractivity contribution in [2.45, 2.75) is 37.1 Å². The Labute approximate surface area is 229 Å². The molecule has 3 saturated heterocycles. The lowest BCUT2D eigenvalue weighted by atomic mass is 9.82. The number of ether oxygens (including phenoxy) is 1. The average Bonchev–Trinajstić information content (AvgIpc) is 2.94. The lowest BCUT2D eigenvalue weighted by molar-refractivity contribution is -0.939. The molecule has 5 rings (SSSR count). The molecule has 0 saturated carbocycles. The molecule has 3 heterocycles. The molecule has 2 aromatic rings. The summed E-state index contributed by atoms with van der Waals surface area (Å²) in [7, 11) is 0. The van der Waals surface area contributed by atoms with E-state index in [1.165, 1.54) is 0 Å². The third kappa shape index (κ3) is 7.37. The van der Waals surface area contributed by atoms with Crippen molar-refractivity contribution in [3.63, 3.8) is 0 Å². The Bertz CT molecular complexity index is 1170. The number of hydrogen-bond acceptors (Lipinski definition) is 7. The van der Waals surface area contributed by atoms with Gasteiger partial charge in [0.05, 0.1) is 25.6 Å². The minimum absolute atomic E-state index is 0.0826. The number of halogens is 3. The van der Waals surface area contributed by atoms with Gasteiger partial charge in [0.15, 0.2) is 12.6 Å². The van der Waals surface area contributed by atoms with E-state index in [-0.39, 0.29) is 24.3 Å². The van der Waals surface area contributed by atoms with Crippen LogP contribution in [-0.2, 0) is 24.7 Å². The van der Waals surface area contributed by atoms with E-state index < -0.39 is 23.7 Å². The number of nitrogens with one attached hydrogen (secondary N) is 1. The number of carbonyl (C=O) groups is 3. The van der Waals surface area contributed by atoms with Gasteiger partial charge in [-0.15, -0.1) is 0 Å². The molecule has 9 nitrogen and oxygen atoms in total. The number of fused-ring (bicyclic) bond motifs is 3. The van der Waals surface area contributed by atoms with Crippen LogP contribution in [-0.4, -0.2) is 72.4 Å². The van der Waals surface area contributed by atoms with Crippen LogP contribution in [0.25, 0.3) is 0 Å². The number of hydrogen-bond donors (Lipinski definition) is 2. The summed E-state index contributed by atoms with van der Waals surface area (Å²) in [5.41, 5.74) is -0.986. The summed E-state index contributed by atoms with van der Waals surface area (Å²) in [5, 5.41) is 32.0. The molecule has 2 bridgehead atoms. The second-order valence-electron chi connectivity index (χ2n) is 9.90. The average molecular weight is 562 g/mol. The third-order valence-electron chi connectivity index (χ3n) is 7.25. The maximum Gasteiger partial charge on any atom is 0.430 e. The van der Waals surface area contributed by atoms with E-state index in [2.05, 4.69) is 5.32 Å². The zero-order chi connectivity index (χ0) is 29.4. The molecule has 2 N–H and O–H groups in total. The van der Waals surface area contributed by atoms with Crippen LogP contribution in [0, 0.1) is 17.2 Å². The topological polar surface area (TPSA) is 140 Å². The van der Waals surface area contributed by atoms with Crippen LogP contribution in [0.1, 0.15) is 30.4 Å². The van der Waals surface area contributed by atoms with Crippen molar-refractivity contribution in [2.75, 3.05) is 32.7 Å². The molecule has 12 heteroatoms. The smallest absolute Gasteiger partial charge is 0.430 e. The Kier molecular flexibility index (Phi) is 9.89. The first-order chi connectivity index (χ1) is 18.9. The lowest BCUT2D eigenvalue weighted by Crippen LogP contribution is -2.67. The van der Waals surface area contributed by atoms with Gasteiger partial charge < -0.3 is 29.5 Å². The fraction of sp³-hybridized carbons (Fsp3) is 0.429.